The first kappa shape index (κ1) is 14.1. The Morgan fingerprint density at radius 1 is 1.32 bits per heavy atom. The number of carbonyl (C=O) groups excluding carboxylic acids is 1. The van der Waals surface area contributed by atoms with Crippen molar-refractivity contribution in [2.75, 3.05) is 19.7 Å². The van der Waals surface area contributed by atoms with E-state index in [2.05, 4.69) is 43.4 Å². The smallest absolute Gasteiger partial charge is 0.310 e. The normalized spacial score (nSPS) is 22.7. The molecule has 0 unspecified atom stereocenters. The molecule has 3 heteroatoms. The van der Waals surface area contributed by atoms with Crippen molar-refractivity contribution < 1.29 is 9.53 Å². The van der Waals surface area contributed by atoms with Crippen LogP contribution in [0.1, 0.15) is 43.7 Å². The van der Waals surface area contributed by atoms with Gasteiger partial charge in [0.25, 0.3) is 0 Å². The lowest BCUT2D eigenvalue weighted by molar-refractivity contribution is -0.147. The summed E-state index contributed by atoms with van der Waals surface area (Å²) in [7, 11) is 0. The highest BCUT2D eigenvalue weighted by molar-refractivity contribution is 5.74. The van der Waals surface area contributed by atoms with Crippen molar-refractivity contribution in [2.45, 2.75) is 32.6 Å². The highest BCUT2D eigenvalue weighted by atomic mass is 16.5. The summed E-state index contributed by atoms with van der Waals surface area (Å²) in [6.07, 6.45) is 0. The number of ether oxygens (including phenoxy) is 1. The quantitative estimate of drug-likeness (QED) is 0.847. The van der Waals surface area contributed by atoms with E-state index in [0.717, 1.165) is 13.1 Å². The third-order valence-electron chi connectivity index (χ3n) is 3.83. The van der Waals surface area contributed by atoms with Crippen LogP contribution in [0, 0.1) is 5.92 Å². The summed E-state index contributed by atoms with van der Waals surface area (Å²) in [4.78, 5) is 11.9. The first-order chi connectivity index (χ1) is 9.13. The second-order valence-electron chi connectivity index (χ2n) is 5.44. The Hall–Kier alpha value is -1.35. The van der Waals surface area contributed by atoms with Crippen molar-refractivity contribution in [3.8, 4) is 0 Å². The first-order valence-electron chi connectivity index (χ1n) is 7.10. The molecule has 0 aliphatic carbocycles. The van der Waals surface area contributed by atoms with Crippen LogP contribution in [0.2, 0.25) is 0 Å². The minimum absolute atomic E-state index is 0.0511. The van der Waals surface area contributed by atoms with E-state index in [4.69, 9.17) is 4.74 Å². The Labute approximate surface area is 115 Å². The summed E-state index contributed by atoms with van der Waals surface area (Å²) in [5, 5.41) is 3.30. The molecule has 2 rings (SSSR count). The maximum Gasteiger partial charge on any atom is 0.310 e. The van der Waals surface area contributed by atoms with E-state index >= 15 is 0 Å². The molecule has 0 bridgehead atoms. The Bertz CT molecular complexity index is 425. The number of nitrogens with one attached hydrogen (secondary N) is 1. The predicted molar refractivity (Wildman–Crippen MR) is 76.3 cm³/mol. The molecule has 1 N–H and O–H groups in total. The molecule has 0 radical (unpaired) electrons. The van der Waals surface area contributed by atoms with Gasteiger partial charge >= 0.3 is 5.97 Å². The lowest BCUT2D eigenvalue weighted by Crippen LogP contribution is -2.24. The van der Waals surface area contributed by atoms with Crippen LogP contribution in [-0.4, -0.2) is 25.7 Å². The van der Waals surface area contributed by atoms with Gasteiger partial charge in [-0.2, -0.15) is 0 Å². The molecule has 2 atom stereocenters. The monoisotopic (exact) mass is 261 g/mol. The number of carbonyl (C=O) groups is 1. The predicted octanol–water partition coefficient (Wildman–Crippen LogP) is 2.68. The van der Waals surface area contributed by atoms with Gasteiger partial charge in [0.15, 0.2) is 0 Å². The third-order valence-corrected chi connectivity index (χ3v) is 3.83. The summed E-state index contributed by atoms with van der Waals surface area (Å²) >= 11 is 0. The molecule has 1 saturated heterocycles. The second kappa shape index (κ2) is 6.20. The maximum absolute atomic E-state index is 11.9. The Balaban J connectivity index is 2.13. The lowest BCUT2D eigenvalue weighted by atomic mass is 9.88. The fourth-order valence-electron chi connectivity index (χ4n) is 2.65. The van der Waals surface area contributed by atoms with Gasteiger partial charge in [0.2, 0.25) is 0 Å². The van der Waals surface area contributed by atoms with E-state index in [-0.39, 0.29) is 17.8 Å². The summed E-state index contributed by atoms with van der Waals surface area (Å²) in [5.41, 5.74) is 2.56. The lowest BCUT2D eigenvalue weighted by Gasteiger charge is -2.18. The SMILES string of the molecule is CCOC(=O)[C@@H]1CNC[C@H]1c1ccc(C(C)C)cc1. The van der Waals surface area contributed by atoms with Crippen molar-refractivity contribution in [1.29, 1.82) is 0 Å². The van der Waals surface area contributed by atoms with E-state index < -0.39 is 0 Å². The molecule has 19 heavy (non-hydrogen) atoms. The van der Waals surface area contributed by atoms with Crippen molar-refractivity contribution in [3.63, 3.8) is 0 Å². The zero-order chi connectivity index (χ0) is 13.8. The van der Waals surface area contributed by atoms with Gasteiger partial charge in [0.05, 0.1) is 12.5 Å². The molecule has 1 fully saturated rings. The molecule has 3 nitrogen and oxygen atoms in total. The Morgan fingerprint density at radius 2 is 2.00 bits per heavy atom. The van der Waals surface area contributed by atoms with Gasteiger partial charge in [-0.1, -0.05) is 38.1 Å². The van der Waals surface area contributed by atoms with E-state index in [1.807, 2.05) is 6.92 Å². The topological polar surface area (TPSA) is 38.3 Å². The van der Waals surface area contributed by atoms with Crippen LogP contribution in [0.4, 0.5) is 0 Å². The van der Waals surface area contributed by atoms with Gasteiger partial charge in [-0.3, -0.25) is 4.79 Å². The minimum atomic E-state index is -0.0783. The molecule has 0 amide bonds. The van der Waals surface area contributed by atoms with Crippen LogP contribution in [-0.2, 0) is 9.53 Å². The van der Waals surface area contributed by atoms with Gasteiger partial charge in [0, 0.05) is 19.0 Å². The molecular weight excluding hydrogens is 238 g/mol. The Kier molecular flexibility index (Phi) is 4.59. The standard InChI is InChI=1S/C16H23NO2/c1-4-19-16(18)15-10-17-9-14(15)13-7-5-12(6-8-13)11(2)3/h5-8,11,14-15,17H,4,9-10H2,1-3H3/t14-,15+/m0/s1. The molecule has 0 spiro atoms. The Morgan fingerprint density at radius 3 is 2.58 bits per heavy atom. The molecule has 1 aliphatic rings. The number of hydrogen-bond acceptors (Lipinski definition) is 3. The van der Waals surface area contributed by atoms with Gasteiger partial charge in [-0.15, -0.1) is 0 Å². The zero-order valence-electron chi connectivity index (χ0n) is 12.0. The fraction of sp³-hybridized carbons (Fsp3) is 0.562. The van der Waals surface area contributed by atoms with Crippen molar-refractivity contribution in [1.82, 2.24) is 5.32 Å². The molecule has 1 aromatic rings. The van der Waals surface area contributed by atoms with Gasteiger partial charge in [-0.25, -0.2) is 0 Å². The van der Waals surface area contributed by atoms with Crippen molar-refractivity contribution in [3.05, 3.63) is 35.4 Å². The highest BCUT2D eigenvalue weighted by Gasteiger charge is 2.34. The molecular formula is C16H23NO2. The van der Waals surface area contributed by atoms with E-state index in [0.29, 0.717) is 12.5 Å². The average molecular weight is 261 g/mol. The first-order valence-corrected chi connectivity index (χ1v) is 7.10. The zero-order valence-corrected chi connectivity index (χ0v) is 12.0. The van der Waals surface area contributed by atoms with Gasteiger partial charge < -0.3 is 10.1 Å². The van der Waals surface area contributed by atoms with Crippen molar-refractivity contribution >= 4 is 5.97 Å². The van der Waals surface area contributed by atoms with E-state index in [9.17, 15) is 4.79 Å². The van der Waals surface area contributed by atoms with Crippen LogP contribution in [0.15, 0.2) is 24.3 Å². The fourth-order valence-corrected chi connectivity index (χ4v) is 2.65. The second-order valence-corrected chi connectivity index (χ2v) is 5.44. The average Bonchev–Trinajstić information content (AvgIpc) is 2.88. The summed E-state index contributed by atoms with van der Waals surface area (Å²) in [5.74, 6) is 0.646. The third kappa shape index (κ3) is 3.16. The van der Waals surface area contributed by atoms with Crippen LogP contribution in [0.5, 0.6) is 0 Å². The number of hydrogen-bond donors (Lipinski definition) is 1. The maximum atomic E-state index is 11.9. The molecule has 1 aromatic carbocycles. The summed E-state index contributed by atoms with van der Waals surface area (Å²) in [6, 6.07) is 8.64. The van der Waals surface area contributed by atoms with Crippen LogP contribution < -0.4 is 5.32 Å². The van der Waals surface area contributed by atoms with Gasteiger partial charge in [0.1, 0.15) is 0 Å². The number of esters is 1. The highest BCUT2D eigenvalue weighted by Crippen LogP contribution is 2.30. The largest absolute Gasteiger partial charge is 0.466 e. The van der Waals surface area contributed by atoms with Crippen molar-refractivity contribution in [2.24, 2.45) is 5.92 Å². The van der Waals surface area contributed by atoms with Gasteiger partial charge in [-0.05, 0) is 24.0 Å². The molecule has 0 aromatic heterocycles. The summed E-state index contributed by atoms with van der Waals surface area (Å²) in [6.45, 7) is 8.25. The van der Waals surface area contributed by atoms with Crippen LogP contribution in [0.25, 0.3) is 0 Å². The van der Waals surface area contributed by atoms with Crippen LogP contribution >= 0.6 is 0 Å². The number of benzene rings is 1. The summed E-state index contributed by atoms with van der Waals surface area (Å²) < 4.78 is 5.16. The number of rotatable bonds is 4. The molecule has 0 saturated carbocycles. The molecule has 1 heterocycles. The van der Waals surface area contributed by atoms with E-state index in [1.54, 1.807) is 0 Å². The minimum Gasteiger partial charge on any atom is -0.466 e. The van der Waals surface area contributed by atoms with E-state index in [1.165, 1.54) is 11.1 Å². The molecule has 104 valence electrons. The molecule has 1 aliphatic heterocycles. The van der Waals surface area contributed by atoms with Crippen LogP contribution in [0.3, 0.4) is 0 Å².